The SMILES string of the molecule is Cc1cc(NC(=O)C2CC2)sc1C(=O)N1CCOC(C)(C)C1. The van der Waals surface area contributed by atoms with Crippen molar-refractivity contribution in [1.29, 1.82) is 0 Å². The lowest BCUT2D eigenvalue weighted by Crippen LogP contribution is -2.50. The van der Waals surface area contributed by atoms with Gasteiger partial charge in [0.2, 0.25) is 5.91 Å². The van der Waals surface area contributed by atoms with Crippen LogP contribution in [0.15, 0.2) is 6.07 Å². The van der Waals surface area contributed by atoms with Crippen LogP contribution in [0.25, 0.3) is 0 Å². The van der Waals surface area contributed by atoms with Crippen molar-refractivity contribution in [3.05, 3.63) is 16.5 Å². The Kier molecular flexibility index (Phi) is 3.99. The minimum Gasteiger partial charge on any atom is -0.372 e. The molecule has 1 saturated heterocycles. The first kappa shape index (κ1) is 15.5. The molecule has 1 N–H and O–H groups in total. The number of nitrogens with zero attached hydrogens (tertiary/aromatic N) is 1. The number of anilines is 1. The number of ether oxygens (including phenoxy) is 1. The van der Waals surface area contributed by atoms with Gasteiger partial charge in [0.1, 0.15) is 0 Å². The van der Waals surface area contributed by atoms with E-state index in [-0.39, 0.29) is 23.3 Å². The number of morpholine rings is 1. The topological polar surface area (TPSA) is 58.6 Å². The molecule has 1 saturated carbocycles. The summed E-state index contributed by atoms with van der Waals surface area (Å²) in [6, 6.07) is 1.89. The minimum atomic E-state index is -0.303. The van der Waals surface area contributed by atoms with Crippen molar-refractivity contribution in [2.24, 2.45) is 5.92 Å². The zero-order valence-electron chi connectivity index (χ0n) is 13.3. The van der Waals surface area contributed by atoms with Crippen molar-refractivity contribution in [2.45, 2.75) is 39.2 Å². The van der Waals surface area contributed by atoms with E-state index in [4.69, 9.17) is 4.74 Å². The lowest BCUT2D eigenvalue weighted by molar-refractivity contribution is -0.117. The molecular weight excluding hydrogens is 300 g/mol. The molecule has 0 aromatic carbocycles. The molecule has 0 unspecified atom stereocenters. The molecule has 2 fully saturated rings. The van der Waals surface area contributed by atoms with Gasteiger partial charge in [-0.1, -0.05) is 0 Å². The molecular formula is C16H22N2O3S. The van der Waals surface area contributed by atoms with E-state index in [1.807, 2.05) is 31.7 Å². The van der Waals surface area contributed by atoms with Crippen LogP contribution in [-0.2, 0) is 9.53 Å². The Bertz CT molecular complexity index is 605. The van der Waals surface area contributed by atoms with Gasteiger partial charge in [0.15, 0.2) is 0 Å². The van der Waals surface area contributed by atoms with Gasteiger partial charge in [-0.3, -0.25) is 9.59 Å². The van der Waals surface area contributed by atoms with Crippen LogP contribution in [0.1, 0.15) is 41.9 Å². The summed E-state index contributed by atoms with van der Waals surface area (Å²) in [5.41, 5.74) is 0.618. The first-order valence-electron chi connectivity index (χ1n) is 7.70. The highest BCUT2D eigenvalue weighted by Gasteiger charge is 2.33. The number of carbonyl (C=O) groups is 2. The van der Waals surface area contributed by atoms with Gasteiger partial charge in [0.05, 0.1) is 22.1 Å². The maximum Gasteiger partial charge on any atom is 0.264 e. The maximum absolute atomic E-state index is 12.7. The third-order valence-corrected chi connectivity index (χ3v) is 5.16. The van der Waals surface area contributed by atoms with Gasteiger partial charge in [0, 0.05) is 19.0 Å². The standard InChI is InChI=1S/C16H22N2O3S/c1-10-8-12(17-14(19)11-4-5-11)22-13(10)15(20)18-6-7-21-16(2,3)9-18/h8,11H,4-7,9H2,1-3H3,(H,17,19). The molecule has 0 bridgehead atoms. The molecule has 0 atom stereocenters. The predicted molar refractivity (Wildman–Crippen MR) is 86.3 cm³/mol. The molecule has 0 radical (unpaired) electrons. The Morgan fingerprint density at radius 1 is 1.41 bits per heavy atom. The fraction of sp³-hybridized carbons (Fsp3) is 0.625. The largest absolute Gasteiger partial charge is 0.372 e. The number of amides is 2. The van der Waals surface area contributed by atoms with Gasteiger partial charge in [-0.15, -0.1) is 11.3 Å². The molecule has 3 rings (SSSR count). The highest BCUT2D eigenvalue weighted by Crippen LogP contribution is 2.33. The molecule has 1 aliphatic heterocycles. The maximum atomic E-state index is 12.7. The second-order valence-electron chi connectivity index (χ2n) is 6.72. The summed E-state index contributed by atoms with van der Waals surface area (Å²) in [6.07, 6.45) is 1.95. The summed E-state index contributed by atoms with van der Waals surface area (Å²) in [5.74, 6) is 0.278. The van der Waals surface area contributed by atoms with Crippen LogP contribution in [0, 0.1) is 12.8 Å². The summed E-state index contributed by atoms with van der Waals surface area (Å²) in [4.78, 5) is 27.1. The van der Waals surface area contributed by atoms with Crippen LogP contribution in [0.3, 0.4) is 0 Å². The van der Waals surface area contributed by atoms with Crippen LogP contribution in [0.4, 0.5) is 5.00 Å². The number of carbonyl (C=O) groups excluding carboxylic acids is 2. The molecule has 22 heavy (non-hydrogen) atoms. The van der Waals surface area contributed by atoms with Crippen LogP contribution in [0.2, 0.25) is 0 Å². The van der Waals surface area contributed by atoms with Crippen molar-refractivity contribution >= 4 is 28.2 Å². The molecule has 1 aromatic rings. The molecule has 5 nitrogen and oxygen atoms in total. The van der Waals surface area contributed by atoms with Gasteiger partial charge in [-0.05, 0) is 45.2 Å². The summed E-state index contributed by atoms with van der Waals surface area (Å²) in [6.45, 7) is 7.68. The van der Waals surface area contributed by atoms with Crippen molar-refractivity contribution in [3.63, 3.8) is 0 Å². The summed E-state index contributed by atoms with van der Waals surface area (Å²) in [7, 11) is 0. The zero-order chi connectivity index (χ0) is 15.9. The van der Waals surface area contributed by atoms with Gasteiger partial charge >= 0.3 is 0 Å². The van der Waals surface area contributed by atoms with E-state index in [1.165, 1.54) is 11.3 Å². The monoisotopic (exact) mass is 322 g/mol. The van der Waals surface area contributed by atoms with E-state index in [9.17, 15) is 9.59 Å². The van der Waals surface area contributed by atoms with Crippen molar-refractivity contribution in [2.75, 3.05) is 25.0 Å². The van der Waals surface area contributed by atoms with Crippen LogP contribution in [0.5, 0.6) is 0 Å². The number of hydrogen-bond acceptors (Lipinski definition) is 4. The van der Waals surface area contributed by atoms with E-state index in [1.54, 1.807) is 0 Å². The van der Waals surface area contributed by atoms with Gasteiger partial charge in [0.25, 0.3) is 5.91 Å². The Morgan fingerprint density at radius 3 is 2.77 bits per heavy atom. The van der Waals surface area contributed by atoms with E-state index in [0.717, 1.165) is 23.4 Å². The smallest absolute Gasteiger partial charge is 0.264 e. The quantitative estimate of drug-likeness (QED) is 0.931. The van der Waals surface area contributed by atoms with E-state index >= 15 is 0 Å². The number of rotatable bonds is 3. The number of nitrogens with one attached hydrogen (secondary N) is 1. The molecule has 2 amide bonds. The first-order valence-corrected chi connectivity index (χ1v) is 8.52. The van der Waals surface area contributed by atoms with Crippen LogP contribution >= 0.6 is 11.3 Å². The summed E-state index contributed by atoms with van der Waals surface area (Å²) >= 11 is 1.37. The second-order valence-corrected chi connectivity index (χ2v) is 7.77. The van der Waals surface area contributed by atoms with Crippen LogP contribution in [-0.4, -0.2) is 42.0 Å². The van der Waals surface area contributed by atoms with Crippen molar-refractivity contribution in [3.8, 4) is 0 Å². The average molecular weight is 322 g/mol. The summed E-state index contributed by atoms with van der Waals surface area (Å²) < 4.78 is 5.66. The number of aryl methyl sites for hydroxylation is 1. The molecule has 0 spiro atoms. The molecule has 1 aliphatic carbocycles. The Morgan fingerprint density at radius 2 is 2.14 bits per heavy atom. The molecule has 1 aromatic heterocycles. The molecule has 2 heterocycles. The zero-order valence-corrected chi connectivity index (χ0v) is 14.1. The third kappa shape index (κ3) is 3.33. The van der Waals surface area contributed by atoms with Gasteiger partial charge < -0.3 is 15.0 Å². The minimum absolute atomic E-state index is 0.0331. The summed E-state index contributed by atoms with van der Waals surface area (Å²) in [5, 5.41) is 3.69. The highest BCUT2D eigenvalue weighted by molar-refractivity contribution is 7.18. The average Bonchev–Trinajstić information content (AvgIpc) is 3.22. The van der Waals surface area contributed by atoms with E-state index in [2.05, 4.69) is 5.32 Å². The normalized spacial score (nSPS) is 20.8. The lowest BCUT2D eigenvalue weighted by Gasteiger charge is -2.38. The fourth-order valence-corrected chi connectivity index (χ4v) is 3.70. The molecule has 6 heteroatoms. The first-order chi connectivity index (χ1) is 10.4. The lowest BCUT2D eigenvalue weighted by atomic mass is 10.1. The fourth-order valence-electron chi connectivity index (χ4n) is 2.66. The molecule has 120 valence electrons. The second kappa shape index (κ2) is 5.66. The Hall–Kier alpha value is -1.40. The Balaban J connectivity index is 1.72. The van der Waals surface area contributed by atoms with E-state index < -0.39 is 0 Å². The Labute approximate surface area is 134 Å². The molecule has 2 aliphatic rings. The number of thiophene rings is 1. The van der Waals surface area contributed by atoms with Gasteiger partial charge in [-0.25, -0.2) is 0 Å². The highest BCUT2D eigenvalue weighted by atomic mass is 32.1. The third-order valence-electron chi connectivity index (χ3n) is 4.02. The van der Waals surface area contributed by atoms with Gasteiger partial charge in [-0.2, -0.15) is 0 Å². The van der Waals surface area contributed by atoms with Crippen LogP contribution < -0.4 is 5.32 Å². The van der Waals surface area contributed by atoms with Crippen molar-refractivity contribution in [1.82, 2.24) is 4.90 Å². The van der Waals surface area contributed by atoms with E-state index in [0.29, 0.717) is 24.6 Å². The number of hydrogen-bond donors (Lipinski definition) is 1. The predicted octanol–water partition coefficient (Wildman–Crippen LogP) is 2.66. The van der Waals surface area contributed by atoms with Crippen molar-refractivity contribution < 1.29 is 14.3 Å².